The summed E-state index contributed by atoms with van der Waals surface area (Å²) in [6.45, 7) is 5.38. The SMILES string of the molecule is CCN(C)C(=O)c1cc(CCC(C)=O)nc(C(C)=O)c1. The van der Waals surface area contributed by atoms with Crippen molar-refractivity contribution in [1.82, 2.24) is 9.88 Å². The first-order valence-corrected chi connectivity index (χ1v) is 6.62. The second-order valence-corrected chi connectivity index (χ2v) is 4.81. The van der Waals surface area contributed by atoms with Crippen molar-refractivity contribution in [3.8, 4) is 0 Å². The smallest absolute Gasteiger partial charge is 0.253 e. The number of hydrogen-bond donors (Lipinski definition) is 0. The highest BCUT2D eigenvalue weighted by Gasteiger charge is 2.15. The maximum Gasteiger partial charge on any atom is 0.253 e. The lowest BCUT2D eigenvalue weighted by Gasteiger charge is -2.15. The number of Topliss-reactive ketones (excluding diaryl/α,β-unsaturated/α-hetero) is 2. The van der Waals surface area contributed by atoms with Crippen LogP contribution in [0.15, 0.2) is 12.1 Å². The van der Waals surface area contributed by atoms with Crippen LogP contribution in [0.2, 0.25) is 0 Å². The zero-order valence-corrected chi connectivity index (χ0v) is 12.4. The lowest BCUT2D eigenvalue weighted by molar-refractivity contribution is -0.117. The Morgan fingerprint density at radius 3 is 2.35 bits per heavy atom. The van der Waals surface area contributed by atoms with Crippen molar-refractivity contribution in [3.05, 3.63) is 29.1 Å². The quantitative estimate of drug-likeness (QED) is 0.744. The number of pyridine rings is 1. The van der Waals surface area contributed by atoms with Crippen LogP contribution in [0.5, 0.6) is 0 Å². The van der Waals surface area contributed by atoms with E-state index in [9.17, 15) is 14.4 Å². The molecule has 1 heterocycles. The molecule has 0 fully saturated rings. The first kappa shape index (κ1) is 16.0. The van der Waals surface area contributed by atoms with Crippen molar-refractivity contribution >= 4 is 17.5 Å². The molecule has 0 unspecified atom stereocenters. The Balaban J connectivity index is 3.13. The Morgan fingerprint density at radius 1 is 1.20 bits per heavy atom. The molecule has 1 aromatic heterocycles. The van der Waals surface area contributed by atoms with E-state index in [0.29, 0.717) is 30.6 Å². The number of ketones is 2. The third kappa shape index (κ3) is 4.26. The van der Waals surface area contributed by atoms with Crippen molar-refractivity contribution in [1.29, 1.82) is 0 Å². The summed E-state index contributed by atoms with van der Waals surface area (Å²) in [5, 5.41) is 0. The number of carbonyl (C=O) groups excluding carboxylic acids is 3. The van der Waals surface area contributed by atoms with Crippen LogP contribution in [-0.2, 0) is 11.2 Å². The Hall–Kier alpha value is -2.04. The van der Waals surface area contributed by atoms with Crippen LogP contribution in [0.4, 0.5) is 0 Å². The van der Waals surface area contributed by atoms with Crippen molar-refractivity contribution in [2.75, 3.05) is 13.6 Å². The van der Waals surface area contributed by atoms with Crippen molar-refractivity contribution < 1.29 is 14.4 Å². The van der Waals surface area contributed by atoms with Gasteiger partial charge in [0.1, 0.15) is 11.5 Å². The average Bonchev–Trinajstić information content (AvgIpc) is 2.42. The van der Waals surface area contributed by atoms with E-state index in [4.69, 9.17) is 0 Å². The third-order valence-electron chi connectivity index (χ3n) is 3.04. The fraction of sp³-hybridized carbons (Fsp3) is 0.467. The molecule has 0 radical (unpaired) electrons. The number of aromatic nitrogens is 1. The van der Waals surface area contributed by atoms with Gasteiger partial charge in [0.15, 0.2) is 5.78 Å². The predicted octanol–water partition coefficient (Wildman–Crippen LogP) is 1.90. The number of rotatable bonds is 6. The standard InChI is InChI=1S/C15H20N2O3/c1-5-17(4)15(20)12-8-13(7-6-10(2)18)16-14(9-12)11(3)19/h8-9H,5-7H2,1-4H3. The second kappa shape index (κ2) is 6.93. The molecule has 0 aliphatic rings. The predicted molar refractivity (Wildman–Crippen MR) is 75.9 cm³/mol. The molecule has 0 saturated heterocycles. The molecule has 0 N–H and O–H groups in total. The van der Waals surface area contributed by atoms with Crippen LogP contribution in [0, 0.1) is 0 Å². The Bertz CT molecular complexity index is 538. The van der Waals surface area contributed by atoms with Crippen LogP contribution in [0.25, 0.3) is 0 Å². The number of aryl methyl sites for hydroxylation is 1. The number of nitrogens with zero attached hydrogens (tertiary/aromatic N) is 2. The van der Waals surface area contributed by atoms with E-state index in [1.807, 2.05) is 6.92 Å². The van der Waals surface area contributed by atoms with Crippen molar-refractivity contribution in [3.63, 3.8) is 0 Å². The Labute approximate surface area is 119 Å². The zero-order chi connectivity index (χ0) is 15.3. The lowest BCUT2D eigenvalue weighted by Crippen LogP contribution is -2.26. The minimum atomic E-state index is -0.192. The molecule has 108 valence electrons. The monoisotopic (exact) mass is 276 g/mol. The van der Waals surface area contributed by atoms with Crippen molar-refractivity contribution in [2.24, 2.45) is 0 Å². The van der Waals surface area contributed by atoms with Crippen LogP contribution >= 0.6 is 0 Å². The molecule has 1 rings (SSSR count). The minimum Gasteiger partial charge on any atom is -0.342 e. The van der Waals surface area contributed by atoms with E-state index >= 15 is 0 Å². The van der Waals surface area contributed by atoms with E-state index in [2.05, 4.69) is 4.98 Å². The van der Waals surface area contributed by atoms with Gasteiger partial charge in [-0.3, -0.25) is 9.59 Å². The maximum absolute atomic E-state index is 12.2. The molecular formula is C15H20N2O3. The summed E-state index contributed by atoms with van der Waals surface area (Å²) in [6.07, 6.45) is 0.790. The van der Waals surface area contributed by atoms with Gasteiger partial charge in [-0.2, -0.15) is 0 Å². The van der Waals surface area contributed by atoms with E-state index in [1.54, 1.807) is 18.0 Å². The van der Waals surface area contributed by atoms with Gasteiger partial charge in [-0.25, -0.2) is 4.98 Å². The highest BCUT2D eigenvalue weighted by Crippen LogP contribution is 2.11. The van der Waals surface area contributed by atoms with Gasteiger partial charge in [0, 0.05) is 38.2 Å². The second-order valence-electron chi connectivity index (χ2n) is 4.81. The van der Waals surface area contributed by atoms with Gasteiger partial charge in [0.05, 0.1) is 0 Å². The largest absolute Gasteiger partial charge is 0.342 e. The number of hydrogen-bond acceptors (Lipinski definition) is 4. The lowest BCUT2D eigenvalue weighted by atomic mass is 10.1. The fourth-order valence-electron chi connectivity index (χ4n) is 1.69. The maximum atomic E-state index is 12.2. The van der Waals surface area contributed by atoms with E-state index in [0.717, 1.165) is 0 Å². The molecule has 0 saturated carbocycles. The Kier molecular flexibility index (Phi) is 5.55. The van der Waals surface area contributed by atoms with Gasteiger partial charge in [0.2, 0.25) is 0 Å². The van der Waals surface area contributed by atoms with Gasteiger partial charge in [-0.15, -0.1) is 0 Å². The van der Waals surface area contributed by atoms with Crippen LogP contribution in [0.1, 0.15) is 53.7 Å². The molecule has 5 nitrogen and oxygen atoms in total. The van der Waals surface area contributed by atoms with E-state index < -0.39 is 0 Å². The molecule has 1 aromatic rings. The van der Waals surface area contributed by atoms with Gasteiger partial charge < -0.3 is 9.69 Å². The highest BCUT2D eigenvalue weighted by atomic mass is 16.2. The summed E-state index contributed by atoms with van der Waals surface area (Å²) < 4.78 is 0. The van der Waals surface area contributed by atoms with Crippen LogP contribution in [0.3, 0.4) is 0 Å². The number of amides is 1. The Morgan fingerprint density at radius 2 is 1.85 bits per heavy atom. The molecule has 0 aromatic carbocycles. The zero-order valence-electron chi connectivity index (χ0n) is 12.4. The fourth-order valence-corrected chi connectivity index (χ4v) is 1.69. The molecule has 5 heteroatoms. The molecule has 0 aliphatic carbocycles. The first-order valence-electron chi connectivity index (χ1n) is 6.62. The highest BCUT2D eigenvalue weighted by molar-refractivity contribution is 5.98. The molecule has 0 bridgehead atoms. The molecule has 1 amide bonds. The summed E-state index contributed by atoms with van der Waals surface area (Å²) in [6, 6.07) is 3.16. The van der Waals surface area contributed by atoms with Gasteiger partial charge in [0.25, 0.3) is 5.91 Å². The van der Waals surface area contributed by atoms with Crippen molar-refractivity contribution in [2.45, 2.75) is 33.6 Å². The summed E-state index contributed by atoms with van der Waals surface area (Å²) in [4.78, 5) is 40.5. The molecule has 20 heavy (non-hydrogen) atoms. The topological polar surface area (TPSA) is 67.3 Å². The van der Waals surface area contributed by atoms with Crippen LogP contribution < -0.4 is 0 Å². The normalized spacial score (nSPS) is 10.2. The summed E-state index contributed by atoms with van der Waals surface area (Å²) >= 11 is 0. The third-order valence-corrected chi connectivity index (χ3v) is 3.04. The van der Waals surface area contributed by atoms with Gasteiger partial charge in [-0.1, -0.05) is 0 Å². The van der Waals surface area contributed by atoms with E-state index in [1.165, 1.54) is 19.9 Å². The minimum absolute atomic E-state index is 0.0542. The molecule has 0 spiro atoms. The molecular weight excluding hydrogens is 256 g/mol. The van der Waals surface area contributed by atoms with Crippen LogP contribution in [-0.4, -0.2) is 40.9 Å². The average molecular weight is 276 g/mol. The molecule has 0 aliphatic heterocycles. The molecule has 0 atom stereocenters. The van der Waals surface area contributed by atoms with Gasteiger partial charge in [-0.05, 0) is 32.4 Å². The van der Waals surface area contributed by atoms with Gasteiger partial charge >= 0.3 is 0 Å². The van der Waals surface area contributed by atoms with E-state index in [-0.39, 0.29) is 23.2 Å². The first-order chi connectivity index (χ1) is 9.35. The number of carbonyl (C=O) groups is 3. The summed E-state index contributed by atoms with van der Waals surface area (Å²) in [7, 11) is 1.70. The summed E-state index contributed by atoms with van der Waals surface area (Å²) in [5.41, 5.74) is 1.30. The summed E-state index contributed by atoms with van der Waals surface area (Å²) in [5.74, 6) is -0.289.